The molecule has 5 nitrogen and oxygen atoms in total. The maximum absolute atomic E-state index is 11.6. The van der Waals surface area contributed by atoms with Gasteiger partial charge in [0.25, 0.3) is 0 Å². The van der Waals surface area contributed by atoms with Gasteiger partial charge in [0.1, 0.15) is 4.64 Å². The highest BCUT2D eigenvalue weighted by Gasteiger charge is 2.05. The minimum atomic E-state index is -0.303. The van der Waals surface area contributed by atoms with Gasteiger partial charge in [-0.15, -0.1) is 0 Å². The van der Waals surface area contributed by atoms with Gasteiger partial charge in [0, 0.05) is 19.0 Å². The van der Waals surface area contributed by atoms with Crippen molar-refractivity contribution in [1.29, 1.82) is 0 Å². The van der Waals surface area contributed by atoms with Gasteiger partial charge in [-0.25, -0.2) is 4.79 Å². The summed E-state index contributed by atoms with van der Waals surface area (Å²) in [5.74, 6) is -0.460. The van der Waals surface area contributed by atoms with Gasteiger partial charge in [-0.2, -0.15) is 4.73 Å². The van der Waals surface area contributed by atoms with Crippen molar-refractivity contribution in [2.75, 3.05) is 6.61 Å². The molecule has 0 N–H and O–H groups in total. The lowest BCUT2D eigenvalue weighted by Crippen LogP contribution is -2.19. The van der Waals surface area contributed by atoms with Crippen molar-refractivity contribution in [3.05, 3.63) is 29.0 Å². The summed E-state index contributed by atoms with van der Waals surface area (Å²) in [4.78, 5) is 27.9. The zero-order valence-electron chi connectivity index (χ0n) is 12.2. The summed E-state index contributed by atoms with van der Waals surface area (Å²) in [5, 5.41) is 0. The van der Waals surface area contributed by atoms with Crippen LogP contribution < -0.4 is 4.84 Å². The van der Waals surface area contributed by atoms with Crippen molar-refractivity contribution in [3.63, 3.8) is 0 Å². The molecule has 0 aliphatic rings. The molecule has 0 fully saturated rings. The number of rotatable bonds is 9. The third kappa shape index (κ3) is 7.60. The number of aromatic nitrogens is 1. The van der Waals surface area contributed by atoms with Gasteiger partial charge in [0.2, 0.25) is 0 Å². The zero-order valence-corrected chi connectivity index (χ0v) is 13.1. The number of nitrogens with zero attached hydrogens (tertiary/aromatic N) is 1. The lowest BCUT2D eigenvalue weighted by atomic mass is 10.1. The first-order chi connectivity index (χ1) is 10.1. The fourth-order valence-corrected chi connectivity index (χ4v) is 1.95. The number of hydrogen-bond acceptors (Lipinski definition) is 5. The van der Waals surface area contributed by atoms with Crippen LogP contribution in [-0.4, -0.2) is 23.3 Å². The molecule has 1 aromatic heterocycles. The molecular weight excluding hydrogens is 290 g/mol. The summed E-state index contributed by atoms with van der Waals surface area (Å²) in [6.07, 6.45) is 5.71. The lowest BCUT2D eigenvalue weighted by molar-refractivity contribution is -0.145. The second-order valence-electron chi connectivity index (χ2n) is 4.55. The molecular formula is C15H21NO4S. The van der Waals surface area contributed by atoms with Crippen molar-refractivity contribution < 1.29 is 19.2 Å². The molecule has 1 aromatic rings. The van der Waals surface area contributed by atoms with E-state index in [1.807, 2.05) is 0 Å². The van der Waals surface area contributed by atoms with Gasteiger partial charge < -0.3 is 9.57 Å². The summed E-state index contributed by atoms with van der Waals surface area (Å²) in [5.41, 5.74) is 0. The summed E-state index contributed by atoms with van der Waals surface area (Å²) < 4.78 is 6.59. The van der Waals surface area contributed by atoms with Crippen molar-refractivity contribution >= 4 is 24.2 Å². The van der Waals surface area contributed by atoms with E-state index in [4.69, 9.17) is 21.8 Å². The predicted molar refractivity (Wildman–Crippen MR) is 81.2 cm³/mol. The van der Waals surface area contributed by atoms with E-state index in [2.05, 4.69) is 0 Å². The highest BCUT2D eigenvalue weighted by molar-refractivity contribution is 7.71. The largest absolute Gasteiger partial charge is 0.466 e. The SMILES string of the molecule is CCOC(=O)CCCCCCC(=O)On1ccccc1=S. The van der Waals surface area contributed by atoms with E-state index in [9.17, 15) is 9.59 Å². The van der Waals surface area contributed by atoms with Crippen molar-refractivity contribution in [2.45, 2.75) is 45.4 Å². The summed E-state index contributed by atoms with van der Waals surface area (Å²) in [6, 6.07) is 5.23. The van der Waals surface area contributed by atoms with E-state index in [1.165, 1.54) is 4.73 Å². The molecule has 1 rings (SSSR count). The molecule has 0 unspecified atom stereocenters. The van der Waals surface area contributed by atoms with Gasteiger partial charge in [-0.05, 0) is 31.9 Å². The normalized spacial score (nSPS) is 10.1. The van der Waals surface area contributed by atoms with Crippen LogP contribution >= 0.6 is 12.2 Å². The van der Waals surface area contributed by atoms with Crippen LogP contribution in [0.3, 0.4) is 0 Å². The standard InChI is InChI=1S/C15H21NO4S/c1-2-19-14(17)10-5-3-4-6-11-15(18)20-16-12-8-7-9-13(16)21/h7-9,12H,2-6,10-11H2,1H3. The van der Waals surface area contributed by atoms with Crippen molar-refractivity contribution in [2.24, 2.45) is 0 Å². The summed E-state index contributed by atoms with van der Waals surface area (Å²) in [7, 11) is 0. The molecule has 0 saturated heterocycles. The minimum Gasteiger partial charge on any atom is -0.466 e. The van der Waals surface area contributed by atoms with Gasteiger partial charge >= 0.3 is 11.9 Å². The summed E-state index contributed by atoms with van der Waals surface area (Å²) >= 11 is 5.03. The average molecular weight is 311 g/mol. The predicted octanol–water partition coefficient (Wildman–Crippen LogP) is 3.08. The van der Waals surface area contributed by atoms with Crippen LogP contribution in [0, 0.1) is 4.64 Å². The number of unbranched alkanes of at least 4 members (excludes halogenated alkanes) is 3. The molecule has 0 saturated carbocycles. The summed E-state index contributed by atoms with van der Waals surface area (Å²) in [6.45, 7) is 2.22. The Kier molecular flexibility index (Phi) is 8.35. The third-order valence-corrected chi connectivity index (χ3v) is 3.12. The quantitative estimate of drug-likeness (QED) is 0.398. The van der Waals surface area contributed by atoms with Gasteiger partial charge in [-0.1, -0.05) is 31.1 Å². The topological polar surface area (TPSA) is 57.5 Å². The van der Waals surface area contributed by atoms with Gasteiger partial charge in [0.15, 0.2) is 0 Å². The molecule has 21 heavy (non-hydrogen) atoms. The van der Waals surface area contributed by atoms with Crippen LogP contribution in [0.1, 0.15) is 45.4 Å². The number of esters is 1. The van der Waals surface area contributed by atoms with Crippen LogP contribution in [0.4, 0.5) is 0 Å². The first-order valence-corrected chi connectivity index (χ1v) is 7.58. The number of hydrogen-bond donors (Lipinski definition) is 0. The molecule has 0 radical (unpaired) electrons. The minimum absolute atomic E-state index is 0.157. The number of ether oxygens (including phenoxy) is 1. The molecule has 1 heterocycles. The van der Waals surface area contributed by atoms with E-state index in [0.29, 0.717) is 24.1 Å². The Morgan fingerprint density at radius 3 is 2.38 bits per heavy atom. The second kappa shape index (κ2) is 10.1. The Labute approximate surface area is 129 Å². The van der Waals surface area contributed by atoms with Crippen LogP contribution in [0.25, 0.3) is 0 Å². The highest BCUT2D eigenvalue weighted by Crippen LogP contribution is 2.06. The van der Waals surface area contributed by atoms with Crippen molar-refractivity contribution in [1.82, 2.24) is 4.73 Å². The third-order valence-electron chi connectivity index (χ3n) is 2.81. The van der Waals surface area contributed by atoms with E-state index < -0.39 is 0 Å². The monoisotopic (exact) mass is 311 g/mol. The molecule has 0 bridgehead atoms. The van der Waals surface area contributed by atoms with Crippen LogP contribution in [0.5, 0.6) is 0 Å². The molecule has 116 valence electrons. The lowest BCUT2D eigenvalue weighted by Gasteiger charge is -2.06. The number of carbonyl (C=O) groups is 2. The van der Waals surface area contributed by atoms with Gasteiger partial charge in [-0.3, -0.25) is 4.79 Å². The molecule has 6 heteroatoms. The fourth-order valence-electron chi connectivity index (χ4n) is 1.77. The first kappa shape index (κ1) is 17.4. The molecule has 0 aliphatic carbocycles. The Morgan fingerprint density at radius 2 is 1.76 bits per heavy atom. The van der Waals surface area contributed by atoms with Crippen LogP contribution in [0.2, 0.25) is 0 Å². The number of pyridine rings is 1. The Hall–Kier alpha value is -1.69. The maximum Gasteiger partial charge on any atom is 0.332 e. The smallest absolute Gasteiger partial charge is 0.332 e. The van der Waals surface area contributed by atoms with Crippen LogP contribution in [-0.2, 0) is 14.3 Å². The molecule has 0 aromatic carbocycles. The maximum atomic E-state index is 11.6. The first-order valence-electron chi connectivity index (χ1n) is 7.18. The van der Waals surface area contributed by atoms with Crippen LogP contribution in [0.15, 0.2) is 24.4 Å². The highest BCUT2D eigenvalue weighted by atomic mass is 32.1. The Bertz CT molecular complexity index is 512. The molecule has 0 amide bonds. The average Bonchev–Trinajstić information content (AvgIpc) is 2.45. The Morgan fingerprint density at radius 1 is 1.10 bits per heavy atom. The molecule has 0 aliphatic heterocycles. The van der Waals surface area contributed by atoms with E-state index in [-0.39, 0.29) is 11.9 Å². The number of carbonyl (C=O) groups excluding carboxylic acids is 2. The van der Waals surface area contributed by atoms with E-state index >= 15 is 0 Å². The van der Waals surface area contributed by atoms with E-state index in [1.54, 1.807) is 31.3 Å². The fraction of sp³-hybridized carbons (Fsp3) is 0.533. The zero-order chi connectivity index (χ0) is 15.5. The van der Waals surface area contributed by atoms with E-state index in [0.717, 1.165) is 25.7 Å². The molecule has 0 atom stereocenters. The second-order valence-corrected chi connectivity index (χ2v) is 4.97. The Balaban J connectivity index is 2.10. The van der Waals surface area contributed by atoms with Gasteiger partial charge in [0.05, 0.1) is 6.61 Å². The van der Waals surface area contributed by atoms with Crippen molar-refractivity contribution in [3.8, 4) is 0 Å². The molecule has 0 spiro atoms.